The minimum atomic E-state index is -0.365. The normalized spacial score (nSPS) is 28.4. The summed E-state index contributed by atoms with van der Waals surface area (Å²) in [6.45, 7) is 12.7. The SMILES string of the molecule is CC(C)(C)C(=O)[C@@H]1C[C@H](O)CN1C(C)(C)C. The molecule has 94 valence electrons. The molecule has 0 amide bonds. The average molecular weight is 227 g/mol. The third kappa shape index (κ3) is 2.83. The van der Waals surface area contributed by atoms with Gasteiger partial charge in [0.1, 0.15) is 0 Å². The molecule has 2 atom stereocenters. The predicted molar refractivity (Wildman–Crippen MR) is 65.3 cm³/mol. The molecule has 1 N–H and O–H groups in total. The Labute approximate surface area is 98.8 Å². The lowest BCUT2D eigenvalue weighted by molar-refractivity contribution is -0.132. The number of carbonyl (C=O) groups excluding carboxylic acids is 1. The first-order valence-corrected chi connectivity index (χ1v) is 6.02. The van der Waals surface area contributed by atoms with E-state index in [4.69, 9.17) is 0 Å². The van der Waals surface area contributed by atoms with Crippen LogP contribution in [0, 0.1) is 5.41 Å². The van der Waals surface area contributed by atoms with Gasteiger partial charge in [-0.05, 0) is 27.2 Å². The van der Waals surface area contributed by atoms with Crippen LogP contribution >= 0.6 is 0 Å². The molecule has 1 aliphatic rings. The lowest BCUT2D eigenvalue weighted by atomic mass is 9.84. The van der Waals surface area contributed by atoms with Gasteiger partial charge in [-0.25, -0.2) is 0 Å². The maximum absolute atomic E-state index is 12.3. The number of carbonyl (C=O) groups is 1. The molecule has 0 saturated carbocycles. The zero-order chi connectivity index (χ0) is 12.7. The summed E-state index contributed by atoms with van der Waals surface area (Å²) < 4.78 is 0. The van der Waals surface area contributed by atoms with Gasteiger partial charge < -0.3 is 5.11 Å². The molecule has 0 aromatic carbocycles. The van der Waals surface area contributed by atoms with Gasteiger partial charge in [-0.15, -0.1) is 0 Å². The van der Waals surface area contributed by atoms with Crippen molar-refractivity contribution in [1.82, 2.24) is 4.90 Å². The number of aliphatic hydroxyl groups excluding tert-OH is 1. The average Bonchev–Trinajstić information content (AvgIpc) is 2.43. The van der Waals surface area contributed by atoms with Gasteiger partial charge in [-0.2, -0.15) is 0 Å². The van der Waals surface area contributed by atoms with Gasteiger partial charge >= 0.3 is 0 Å². The molecule has 0 aromatic rings. The summed E-state index contributed by atoms with van der Waals surface area (Å²) in [6.07, 6.45) is 0.212. The van der Waals surface area contributed by atoms with Crippen molar-refractivity contribution in [3.63, 3.8) is 0 Å². The molecule has 3 nitrogen and oxygen atoms in total. The predicted octanol–water partition coefficient (Wildman–Crippen LogP) is 1.84. The first-order valence-electron chi connectivity index (χ1n) is 6.02. The van der Waals surface area contributed by atoms with Crippen molar-refractivity contribution in [2.45, 2.75) is 65.6 Å². The fourth-order valence-corrected chi connectivity index (χ4v) is 2.30. The maximum atomic E-state index is 12.3. The van der Waals surface area contributed by atoms with Crippen LogP contribution < -0.4 is 0 Å². The van der Waals surface area contributed by atoms with Crippen LogP contribution in [0.3, 0.4) is 0 Å². The standard InChI is InChI=1S/C13H25NO2/c1-12(2,3)11(16)10-7-9(15)8-14(10)13(4,5)6/h9-10,15H,7-8H2,1-6H3/t9-,10-/m0/s1. The van der Waals surface area contributed by atoms with Crippen molar-refractivity contribution in [2.75, 3.05) is 6.54 Å². The van der Waals surface area contributed by atoms with Crippen LogP contribution in [0.1, 0.15) is 48.0 Å². The van der Waals surface area contributed by atoms with Gasteiger partial charge in [0.25, 0.3) is 0 Å². The highest BCUT2D eigenvalue weighted by atomic mass is 16.3. The van der Waals surface area contributed by atoms with E-state index >= 15 is 0 Å². The van der Waals surface area contributed by atoms with Gasteiger partial charge in [0.15, 0.2) is 5.78 Å². The molecule has 3 heteroatoms. The van der Waals surface area contributed by atoms with Crippen LogP contribution in [0.5, 0.6) is 0 Å². The number of hydrogen-bond acceptors (Lipinski definition) is 3. The number of Topliss-reactive ketones (excluding diaryl/α,β-unsaturated/α-hetero) is 1. The van der Waals surface area contributed by atoms with Crippen molar-refractivity contribution >= 4 is 5.78 Å². The Hall–Kier alpha value is -0.410. The highest BCUT2D eigenvalue weighted by Crippen LogP contribution is 2.31. The topological polar surface area (TPSA) is 40.5 Å². The van der Waals surface area contributed by atoms with Gasteiger partial charge in [-0.1, -0.05) is 20.8 Å². The summed E-state index contributed by atoms with van der Waals surface area (Å²) in [5, 5.41) is 9.75. The van der Waals surface area contributed by atoms with Gasteiger partial charge in [0.2, 0.25) is 0 Å². The summed E-state index contributed by atoms with van der Waals surface area (Å²) in [5.74, 6) is 0.235. The summed E-state index contributed by atoms with van der Waals surface area (Å²) in [4.78, 5) is 14.4. The first-order chi connectivity index (χ1) is 7.03. The number of rotatable bonds is 1. The van der Waals surface area contributed by atoms with Gasteiger partial charge in [0, 0.05) is 17.5 Å². The molecular weight excluding hydrogens is 202 g/mol. The second-order valence-electron chi connectivity index (χ2n) is 6.84. The molecule has 0 radical (unpaired) electrons. The maximum Gasteiger partial charge on any atom is 0.155 e. The Morgan fingerprint density at radius 2 is 1.69 bits per heavy atom. The molecule has 0 bridgehead atoms. The number of β-amino-alcohol motifs (C(OH)–C–C–N with tert-alkyl or cyclic N) is 1. The van der Waals surface area contributed by atoms with E-state index in [0.29, 0.717) is 13.0 Å². The smallest absolute Gasteiger partial charge is 0.155 e. The van der Waals surface area contributed by atoms with Crippen LogP contribution in [-0.2, 0) is 4.79 Å². The Bertz CT molecular complexity index is 273. The lowest BCUT2D eigenvalue weighted by Gasteiger charge is -2.38. The molecule has 0 unspecified atom stereocenters. The molecule has 0 spiro atoms. The number of ketones is 1. The molecule has 1 saturated heterocycles. The zero-order valence-corrected chi connectivity index (χ0v) is 11.4. The van der Waals surface area contributed by atoms with E-state index in [9.17, 15) is 9.90 Å². The van der Waals surface area contributed by atoms with Crippen LogP contribution in [0.25, 0.3) is 0 Å². The first kappa shape index (κ1) is 13.7. The van der Waals surface area contributed by atoms with Gasteiger partial charge in [0.05, 0.1) is 12.1 Å². The van der Waals surface area contributed by atoms with Crippen molar-refractivity contribution < 1.29 is 9.90 Å². The third-order valence-electron chi connectivity index (χ3n) is 3.18. The molecule has 1 rings (SSSR count). The van der Waals surface area contributed by atoms with E-state index in [-0.39, 0.29) is 28.9 Å². The monoisotopic (exact) mass is 227 g/mol. The minimum absolute atomic E-state index is 0.0664. The highest BCUT2D eigenvalue weighted by Gasteiger charge is 2.44. The third-order valence-corrected chi connectivity index (χ3v) is 3.18. The van der Waals surface area contributed by atoms with E-state index in [1.165, 1.54) is 0 Å². The Morgan fingerprint density at radius 3 is 2.06 bits per heavy atom. The largest absolute Gasteiger partial charge is 0.392 e. The van der Waals surface area contributed by atoms with E-state index < -0.39 is 0 Å². The number of hydrogen-bond donors (Lipinski definition) is 1. The second-order valence-corrected chi connectivity index (χ2v) is 6.84. The van der Waals surface area contributed by atoms with Crippen molar-refractivity contribution in [3.8, 4) is 0 Å². The van der Waals surface area contributed by atoms with Crippen LogP contribution in [0.15, 0.2) is 0 Å². The van der Waals surface area contributed by atoms with Crippen LogP contribution in [-0.4, -0.2) is 40.0 Å². The summed E-state index contributed by atoms with van der Waals surface area (Å²) in [7, 11) is 0. The molecule has 0 aliphatic carbocycles. The molecule has 1 aliphatic heterocycles. The van der Waals surface area contributed by atoms with E-state index in [1.54, 1.807) is 0 Å². The van der Waals surface area contributed by atoms with E-state index in [2.05, 4.69) is 25.7 Å². The summed E-state index contributed by atoms with van der Waals surface area (Å²) >= 11 is 0. The number of likely N-dealkylation sites (tertiary alicyclic amines) is 1. The fourth-order valence-electron chi connectivity index (χ4n) is 2.30. The number of nitrogens with zero attached hydrogens (tertiary/aromatic N) is 1. The Kier molecular flexibility index (Phi) is 3.51. The molecule has 16 heavy (non-hydrogen) atoms. The van der Waals surface area contributed by atoms with Gasteiger partial charge in [-0.3, -0.25) is 9.69 Å². The molecule has 1 fully saturated rings. The molecular formula is C13H25NO2. The van der Waals surface area contributed by atoms with Crippen molar-refractivity contribution in [2.24, 2.45) is 5.41 Å². The number of aliphatic hydroxyl groups is 1. The Morgan fingerprint density at radius 1 is 1.19 bits per heavy atom. The second kappa shape index (κ2) is 4.11. The Balaban J connectivity index is 2.91. The summed E-state index contributed by atoms with van der Waals surface area (Å²) in [5.41, 5.74) is -0.402. The minimum Gasteiger partial charge on any atom is -0.392 e. The van der Waals surface area contributed by atoms with E-state index in [1.807, 2.05) is 20.8 Å². The molecule has 1 heterocycles. The lowest BCUT2D eigenvalue weighted by Crippen LogP contribution is -2.50. The molecule has 0 aromatic heterocycles. The van der Waals surface area contributed by atoms with Crippen LogP contribution in [0.4, 0.5) is 0 Å². The fraction of sp³-hybridized carbons (Fsp3) is 0.923. The van der Waals surface area contributed by atoms with Crippen molar-refractivity contribution in [1.29, 1.82) is 0 Å². The summed E-state index contributed by atoms with van der Waals surface area (Å²) in [6, 6.07) is -0.130. The highest BCUT2D eigenvalue weighted by molar-refractivity contribution is 5.89. The van der Waals surface area contributed by atoms with Crippen LogP contribution in [0.2, 0.25) is 0 Å². The quantitative estimate of drug-likeness (QED) is 0.743. The zero-order valence-electron chi connectivity index (χ0n) is 11.4. The van der Waals surface area contributed by atoms with Crippen molar-refractivity contribution in [3.05, 3.63) is 0 Å². The van der Waals surface area contributed by atoms with E-state index in [0.717, 1.165) is 0 Å².